The summed E-state index contributed by atoms with van der Waals surface area (Å²) in [5.74, 6) is 0.348. The van der Waals surface area contributed by atoms with Crippen LogP contribution in [0.5, 0.6) is 11.5 Å². The molecule has 0 aliphatic carbocycles. The van der Waals surface area contributed by atoms with Gasteiger partial charge < -0.3 is 20.1 Å². The van der Waals surface area contributed by atoms with Gasteiger partial charge in [-0.3, -0.25) is 0 Å². The highest BCUT2D eigenvalue weighted by molar-refractivity contribution is 5.85. The molecule has 7 heteroatoms. The Morgan fingerprint density at radius 2 is 1.91 bits per heavy atom. The maximum Gasteiger partial charge on any atom is 0.387 e. The number of rotatable bonds is 8. The van der Waals surface area contributed by atoms with E-state index in [2.05, 4.69) is 23.5 Å². The minimum atomic E-state index is -2.86. The molecule has 0 bridgehead atoms. The maximum absolute atomic E-state index is 12.3. The van der Waals surface area contributed by atoms with Crippen molar-refractivity contribution in [1.29, 1.82) is 0 Å². The summed E-state index contributed by atoms with van der Waals surface area (Å²) in [6.45, 7) is 3.45. The zero-order valence-electron chi connectivity index (χ0n) is 13.4. The van der Waals surface area contributed by atoms with E-state index in [0.717, 1.165) is 12.1 Å². The van der Waals surface area contributed by atoms with Gasteiger partial charge in [0, 0.05) is 13.1 Å². The third kappa shape index (κ3) is 6.77. The Morgan fingerprint density at radius 1 is 1.27 bits per heavy atom. The fourth-order valence-electron chi connectivity index (χ4n) is 2.17. The number of hydrogen-bond donors (Lipinski definition) is 1. The quantitative estimate of drug-likeness (QED) is 0.791. The van der Waals surface area contributed by atoms with Crippen molar-refractivity contribution in [2.45, 2.75) is 27.0 Å². The van der Waals surface area contributed by atoms with Crippen molar-refractivity contribution in [3.8, 4) is 11.5 Å². The van der Waals surface area contributed by atoms with Crippen LogP contribution in [0.4, 0.5) is 8.78 Å². The van der Waals surface area contributed by atoms with Gasteiger partial charge in [0.25, 0.3) is 0 Å². The van der Waals surface area contributed by atoms with Crippen molar-refractivity contribution in [2.75, 3.05) is 27.2 Å². The predicted octanol–water partition coefficient (Wildman–Crippen LogP) is 3.14. The number of halogens is 3. The molecule has 128 valence electrons. The van der Waals surface area contributed by atoms with E-state index in [0.29, 0.717) is 18.8 Å². The van der Waals surface area contributed by atoms with E-state index in [1.54, 1.807) is 12.1 Å². The minimum Gasteiger partial charge on any atom is -0.493 e. The topological polar surface area (TPSA) is 47.7 Å². The maximum atomic E-state index is 12.3. The molecule has 0 aromatic heterocycles. The normalized spacial score (nSPS) is 11.5. The van der Waals surface area contributed by atoms with Crippen LogP contribution in [0.25, 0.3) is 0 Å². The largest absolute Gasteiger partial charge is 0.493 e. The summed E-state index contributed by atoms with van der Waals surface area (Å²) < 4.78 is 34.0. The molecule has 1 aromatic rings. The highest BCUT2D eigenvalue weighted by atomic mass is 35.5. The molecular weight excluding hydrogens is 314 g/mol. The van der Waals surface area contributed by atoms with Crippen molar-refractivity contribution < 1.29 is 18.3 Å². The molecule has 0 saturated heterocycles. The second-order valence-electron chi connectivity index (χ2n) is 5.90. The first-order valence-corrected chi connectivity index (χ1v) is 6.78. The van der Waals surface area contributed by atoms with Crippen molar-refractivity contribution in [3.63, 3.8) is 0 Å². The molecule has 0 heterocycles. The van der Waals surface area contributed by atoms with Gasteiger partial charge in [-0.25, -0.2) is 0 Å². The van der Waals surface area contributed by atoms with Crippen LogP contribution >= 0.6 is 12.4 Å². The average Bonchev–Trinajstić information content (AvgIpc) is 2.39. The van der Waals surface area contributed by atoms with Crippen LogP contribution in [-0.2, 0) is 6.54 Å². The van der Waals surface area contributed by atoms with E-state index in [-0.39, 0.29) is 23.6 Å². The van der Waals surface area contributed by atoms with Crippen LogP contribution in [0, 0.1) is 5.41 Å². The summed E-state index contributed by atoms with van der Waals surface area (Å²) in [6, 6.07) is 4.97. The number of ether oxygens (including phenoxy) is 2. The summed E-state index contributed by atoms with van der Waals surface area (Å²) in [6.07, 6.45) is 0. The number of alkyl halides is 2. The van der Waals surface area contributed by atoms with Crippen LogP contribution in [0.2, 0.25) is 0 Å². The number of nitrogens with zero attached hydrogens (tertiary/aromatic N) is 1. The summed E-state index contributed by atoms with van der Waals surface area (Å²) in [5, 5.41) is 0. The first-order chi connectivity index (χ1) is 9.77. The first kappa shape index (κ1) is 20.9. The van der Waals surface area contributed by atoms with Gasteiger partial charge in [-0.15, -0.1) is 12.4 Å². The smallest absolute Gasteiger partial charge is 0.387 e. The molecule has 0 aliphatic heterocycles. The van der Waals surface area contributed by atoms with Crippen molar-refractivity contribution in [1.82, 2.24) is 4.90 Å². The Bertz CT molecular complexity index is 459. The third-order valence-corrected chi connectivity index (χ3v) is 3.15. The number of nitrogens with two attached hydrogens (primary N) is 1. The van der Waals surface area contributed by atoms with Gasteiger partial charge in [0.2, 0.25) is 0 Å². The van der Waals surface area contributed by atoms with E-state index in [1.807, 2.05) is 7.05 Å². The molecule has 4 nitrogen and oxygen atoms in total. The summed E-state index contributed by atoms with van der Waals surface area (Å²) in [5.41, 5.74) is 6.71. The van der Waals surface area contributed by atoms with E-state index >= 15 is 0 Å². The third-order valence-electron chi connectivity index (χ3n) is 3.15. The molecule has 0 aliphatic rings. The molecule has 0 spiro atoms. The first-order valence-electron chi connectivity index (χ1n) is 6.78. The predicted molar refractivity (Wildman–Crippen MR) is 86.0 cm³/mol. The lowest BCUT2D eigenvalue weighted by Gasteiger charge is -2.29. The summed E-state index contributed by atoms with van der Waals surface area (Å²) >= 11 is 0. The van der Waals surface area contributed by atoms with Gasteiger partial charge >= 0.3 is 6.61 Å². The summed E-state index contributed by atoms with van der Waals surface area (Å²) in [4.78, 5) is 2.13. The van der Waals surface area contributed by atoms with Crippen LogP contribution < -0.4 is 15.2 Å². The van der Waals surface area contributed by atoms with E-state index in [4.69, 9.17) is 10.5 Å². The molecule has 0 saturated carbocycles. The number of methoxy groups -OCH3 is 1. The molecule has 0 atom stereocenters. The molecule has 22 heavy (non-hydrogen) atoms. The van der Waals surface area contributed by atoms with Gasteiger partial charge in [-0.1, -0.05) is 19.9 Å². The molecule has 0 fully saturated rings. The van der Waals surface area contributed by atoms with Gasteiger partial charge in [0.15, 0.2) is 11.5 Å². The van der Waals surface area contributed by atoms with Crippen LogP contribution in [0.3, 0.4) is 0 Å². The monoisotopic (exact) mass is 338 g/mol. The Kier molecular flexibility index (Phi) is 8.66. The zero-order chi connectivity index (χ0) is 16.0. The Hall–Kier alpha value is -1.11. The fourth-order valence-corrected chi connectivity index (χ4v) is 2.17. The molecule has 0 unspecified atom stereocenters. The van der Waals surface area contributed by atoms with E-state index in [1.165, 1.54) is 13.2 Å². The van der Waals surface area contributed by atoms with Crippen molar-refractivity contribution in [2.24, 2.45) is 11.1 Å². The van der Waals surface area contributed by atoms with E-state index in [9.17, 15) is 8.78 Å². The molecule has 2 N–H and O–H groups in total. The average molecular weight is 339 g/mol. The van der Waals surface area contributed by atoms with Crippen molar-refractivity contribution >= 4 is 12.4 Å². The van der Waals surface area contributed by atoms with Gasteiger partial charge in [0.1, 0.15) is 0 Å². The highest BCUT2D eigenvalue weighted by Gasteiger charge is 2.18. The standard InChI is InChI=1S/C15H24F2N2O2.ClH/c1-15(2,9-18)10-19(3)8-11-5-6-12(21-14(16)17)13(7-11)20-4;/h5-7,14H,8-10,18H2,1-4H3;1H. The number of hydrogen-bond acceptors (Lipinski definition) is 4. The lowest BCUT2D eigenvalue weighted by molar-refractivity contribution is -0.0512. The highest BCUT2D eigenvalue weighted by Crippen LogP contribution is 2.30. The Labute approximate surface area is 137 Å². The lowest BCUT2D eigenvalue weighted by Crippen LogP contribution is -2.36. The van der Waals surface area contributed by atoms with Gasteiger partial charge in [0.05, 0.1) is 7.11 Å². The molecule has 0 amide bonds. The molecule has 1 aromatic carbocycles. The SMILES string of the molecule is COc1cc(CN(C)CC(C)(C)CN)ccc1OC(F)F.Cl. The Balaban J connectivity index is 0.00000441. The zero-order valence-corrected chi connectivity index (χ0v) is 14.3. The lowest BCUT2D eigenvalue weighted by atomic mass is 9.93. The van der Waals surface area contributed by atoms with Crippen LogP contribution in [0.1, 0.15) is 19.4 Å². The van der Waals surface area contributed by atoms with Crippen LogP contribution in [0.15, 0.2) is 18.2 Å². The van der Waals surface area contributed by atoms with Gasteiger partial charge in [-0.05, 0) is 36.7 Å². The Morgan fingerprint density at radius 3 is 2.41 bits per heavy atom. The summed E-state index contributed by atoms with van der Waals surface area (Å²) in [7, 11) is 3.42. The minimum absolute atomic E-state index is 0. The van der Waals surface area contributed by atoms with E-state index < -0.39 is 6.61 Å². The van der Waals surface area contributed by atoms with Crippen LogP contribution in [-0.4, -0.2) is 38.8 Å². The molecular formula is C15H25ClF2N2O2. The van der Waals surface area contributed by atoms with Gasteiger partial charge in [-0.2, -0.15) is 8.78 Å². The molecule has 0 radical (unpaired) electrons. The second-order valence-corrected chi connectivity index (χ2v) is 5.90. The second kappa shape index (κ2) is 9.12. The van der Waals surface area contributed by atoms with Crippen molar-refractivity contribution in [3.05, 3.63) is 23.8 Å². The fraction of sp³-hybridized carbons (Fsp3) is 0.600. The number of benzene rings is 1. The molecule has 1 rings (SSSR count).